The second kappa shape index (κ2) is 7.38. The van der Waals surface area contributed by atoms with Gasteiger partial charge >= 0.3 is 0 Å². The van der Waals surface area contributed by atoms with Crippen molar-refractivity contribution in [2.45, 2.75) is 39.0 Å². The molecule has 1 fully saturated rings. The third-order valence-corrected chi connectivity index (χ3v) is 4.69. The van der Waals surface area contributed by atoms with Gasteiger partial charge in [-0.2, -0.15) is 0 Å². The lowest BCUT2D eigenvalue weighted by Crippen LogP contribution is -2.49. The molecular formula is C17H25N3O2. The molecule has 2 amide bonds. The van der Waals surface area contributed by atoms with Crippen LogP contribution in [0.3, 0.4) is 0 Å². The van der Waals surface area contributed by atoms with Crippen LogP contribution in [0, 0.1) is 5.41 Å². The predicted octanol–water partition coefficient (Wildman–Crippen LogP) is 1.78. The number of amides is 2. The number of likely N-dealkylation sites (tertiary alicyclic amines) is 1. The summed E-state index contributed by atoms with van der Waals surface area (Å²) >= 11 is 0. The van der Waals surface area contributed by atoms with Crippen molar-refractivity contribution in [1.82, 2.24) is 15.2 Å². The van der Waals surface area contributed by atoms with Gasteiger partial charge in [-0.05, 0) is 44.2 Å². The summed E-state index contributed by atoms with van der Waals surface area (Å²) in [4.78, 5) is 30.0. The number of rotatable bonds is 5. The van der Waals surface area contributed by atoms with Crippen LogP contribution in [0.2, 0.25) is 0 Å². The fourth-order valence-electron chi connectivity index (χ4n) is 3.26. The van der Waals surface area contributed by atoms with Crippen molar-refractivity contribution < 1.29 is 9.59 Å². The molecule has 0 spiro atoms. The van der Waals surface area contributed by atoms with Gasteiger partial charge in [0.15, 0.2) is 0 Å². The standard InChI is InChI=1S/C17H25N3O2/c1-14(21)20-12-9-17(10-13-20,16(22)18-2)8-5-7-15-6-3-4-11-19-15/h3-4,6,11H,5,7-10,12-13H2,1-2H3,(H,18,22). The monoisotopic (exact) mass is 303 g/mol. The van der Waals surface area contributed by atoms with Crippen LogP contribution < -0.4 is 5.32 Å². The molecule has 5 heteroatoms. The second-order valence-corrected chi connectivity index (χ2v) is 6.04. The smallest absolute Gasteiger partial charge is 0.226 e. The number of nitrogens with one attached hydrogen (secondary N) is 1. The number of piperidine rings is 1. The zero-order chi connectivity index (χ0) is 16.0. The van der Waals surface area contributed by atoms with Gasteiger partial charge < -0.3 is 10.2 Å². The highest BCUT2D eigenvalue weighted by atomic mass is 16.2. The summed E-state index contributed by atoms with van der Waals surface area (Å²) in [6, 6.07) is 5.92. The Bertz CT molecular complexity index is 508. The molecule has 1 aliphatic rings. The van der Waals surface area contributed by atoms with E-state index in [1.54, 1.807) is 20.2 Å². The fraction of sp³-hybridized carbons (Fsp3) is 0.588. The molecule has 22 heavy (non-hydrogen) atoms. The Morgan fingerprint density at radius 1 is 1.32 bits per heavy atom. The molecule has 1 aliphatic heterocycles. The van der Waals surface area contributed by atoms with Crippen LogP contribution in [-0.4, -0.2) is 41.8 Å². The molecule has 120 valence electrons. The maximum Gasteiger partial charge on any atom is 0.226 e. The number of nitrogens with zero attached hydrogens (tertiary/aromatic N) is 2. The summed E-state index contributed by atoms with van der Waals surface area (Å²) < 4.78 is 0. The largest absolute Gasteiger partial charge is 0.359 e. The van der Waals surface area contributed by atoms with Crippen LogP contribution in [-0.2, 0) is 16.0 Å². The van der Waals surface area contributed by atoms with E-state index < -0.39 is 0 Å². The van der Waals surface area contributed by atoms with Crippen LogP contribution in [0.4, 0.5) is 0 Å². The number of aryl methyl sites for hydroxylation is 1. The highest BCUT2D eigenvalue weighted by Crippen LogP contribution is 2.37. The molecule has 1 N–H and O–H groups in total. The molecule has 0 unspecified atom stereocenters. The first-order valence-electron chi connectivity index (χ1n) is 7.95. The highest BCUT2D eigenvalue weighted by molar-refractivity contribution is 5.83. The minimum Gasteiger partial charge on any atom is -0.359 e. The Morgan fingerprint density at radius 2 is 2.05 bits per heavy atom. The van der Waals surface area contributed by atoms with E-state index in [1.807, 2.05) is 23.1 Å². The Morgan fingerprint density at radius 3 is 2.59 bits per heavy atom. The Labute approximate surface area is 132 Å². The van der Waals surface area contributed by atoms with Crippen molar-refractivity contribution in [2.24, 2.45) is 5.41 Å². The molecule has 0 aromatic carbocycles. The third-order valence-electron chi connectivity index (χ3n) is 4.69. The quantitative estimate of drug-likeness (QED) is 0.902. The lowest BCUT2D eigenvalue weighted by molar-refractivity contribution is -0.139. The van der Waals surface area contributed by atoms with Crippen molar-refractivity contribution in [2.75, 3.05) is 20.1 Å². The van der Waals surface area contributed by atoms with E-state index in [9.17, 15) is 9.59 Å². The summed E-state index contributed by atoms with van der Waals surface area (Å²) in [5.41, 5.74) is 0.728. The number of carbonyl (C=O) groups excluding carboxylic acids is 2. The Hall–Kier alpha value is -1.91. The zero-order valence-electron chi connectivity index (χ0n) is 13.5. The number of hydrogen-bond donors (Lipinski definition) is 1. The third kappa shape index (κ3) is 3.84. The van der Waals surface area contributed by atoms with E-state index in [2.05, 4.69) is 10.3 Å². The Kier molecular flexibility index (Phi) is 5.52. The maximum atomic E-state index is 12.4. The van der Waals surface area contributed by atoms with Crippen LogP contribution >= 0.6 is 0 Å². The van der Waals surface area contributed by atoms with E-state index in [1.165, 1.54) is 0 Å². The van der Waals surface area contributed by atoms with Gasteiger partial charge in [0.2, 0.25) is 11.8 Å². The molecule has 0 radical (unpaired) electrons. The van der Waals surface area contributed by atoms with Gasteiger partial charge in [0.05, 0.1) is 5.41 Å². The molecular weight excluding hydrogens is 278 g/mol. The van der Waals surface area contributed by atoms with Crippen molar-refractivity contribution in [3.8, 4) is 0 Å². The summed E-state index contributed by atoms with van der Waals surface area (Å²) in [6.45, 7) is 2.94. The van der Waals surface area contributed by atoms with E-state index in [-0.39, 0.29) is 17.2 Å². The SMILES string of the molecule is CNC(=O)C1(CCCc2ccccn2)CCN(C(C)=O)CC1. The highest BCUT2D eigenvalue weighted by Gasteiger charge is 2.40. The number of carbonyl (C=O) groups is 2. The van der Waals surface area contributed by atoms with Crippen LogP contribution in [0.15, 0.2) is 24.4 Å². The topological polar surface area (TPSA) is 62.3 Å². The Balaban J connectivity index is 1.95. The van der Waals surface area contributed by atoms with Crippen molar-refractivity contribution in [3.05, 3.63) is 30.1 Å². The normalized spacial score (nSPS) is 17.1. The summed E-state index contributed by atoms with van der Waals surface area (Å²) in [5, 5.41) is 2.81. The average Bonchev–Trinajstić information content (AvgIpc) is 2.55. The number of aromatic nitrogens is 1. The minimum atomic E-state index is -0.338. The van der Waals surface area contributed by atoms with Crippen molar-refractivity contribution in [1.29, 1.82) is 0 Å². The fourth-order valence-corrected chi connectivity index (χ4v) is 3.26. The lowest BCUT2D eigenvalue weighted by atomic mass is 9.73. The van der Waals surface area contributed by atoms with Gasteiger partial charge in [-0.3, -0.25) is 14.6 Å². The van der Waals surface area contributed by atoms with E-state index in [4.69, 9.17) is 0 Å². The van der Waals surface area contributed by atoms with E-state index >= 15 is 0 Å². The van der Waals surface area contributed by atoms with Crippen molar-refractivity contribution in [3.63, 3.8) is 0 Å². The first-order chi connectivity index (χ1) is 10.6. The maximum absolute atomic E-state index is 12.4. The van der Waals surface area contributed by atoms with Gasteiger partial charge in [-0.15, -0.1) is 0 Å². The number of pyridine rings is 1. The molecule has 0 aliphatic carbocycles. The van der Waals surface area contributed by atoms with E-state index in [0.717, 1.165) is 37.8 Å². The minimum absolute atomic E-state index is 0.0963. The molecule has 1 aromatic rings. The first-order valence-corrected chi connectivity index (χ1v) is 7.95. The summed E-state index contributed by atoms with van der Waals surface area (Å²) in [5.74, 6) is 0.204. The van der Waals surface area contributed by atoms with Gasteiger partial charge in [-0.1, -0.05) is 6.07 Å². The predicted molar refractivity (Wildman–Crippen MR) is 85.2 cm³/mol. The van der Waals surface area contributed by atoms with Crippen LogP contribution in [0.1, 0.15) is 38.3 Å². The second-order valence-electron chi connectivity index (χ2n) is 6.04. The zero-order valence-corrected chi connectivity index (χ0v) is 13.5. The molecule has 0 saturated carbocycles. The lowest BCUT2D eigenvalue weighted by Gasteiger charge is -2.40. The van der Waals surface area contributed by atoms with Crippen LogP contribution in [0.5, 0.6) is 0 Å². The van der Waals surface area contributed by atoms with Crippen LogP contribution in [0.25, 0.3) is 0 Å². The average molecular weight is 303 g/mol. The van der Waals surface area contributed by atoms with Gasteiger partial charge in [0, 0.05) is 39.0 Å². The van der Waals surface area contributed by atoms with Gasteiger partial charge in [0.25, 0.3) is 0 Å². The number of hydrogen-bond acceptors (Lipinski definition) is 3. The molecule has 1 aromatic heterocycles. The molecule has 0 atom stereocenters. The molecule has 5 nitrogen and oxygen atoms in total. The molecule has 2 heterocycles. The summed E-state index contributed by atoms with van der Waals surface area (Å²) in [7, 11) is 1.69. The molecule has 0 bridgehead atoms. The summed E-state index contributed by atoms with van der Waals surface area (Å²) in [6.07, 6.45) is 5.95. The van der Waals surface area contributed by atoms with Gasteiger partial charge in [-0.25, -0.2) is 0 Å². The molecule has 1 saturated heterocycles. The molecule has 2 rings (SSSR count). The van der Waals surface area contributed by atoms with E-state index in [0.29, 0.717) is 13.1 Å². The first kappa shape index (κ1) is 16.5. The van der Waals surface area contributed by atoms with Crippen molar-refractivity contribution >= 4 is 11.8 Å². The van der Waals surface area contributed by atoms with Gasteiger partial charge in [0.1, 0.15) is 0 Å².